The van der Waals surface area contributed by atoms with Crippen molar-refractivity contribution in [3.05, 3.63) is 24.0 Å². The maximum atomic E-state index is 13.0. The summed E-state index contributed by atoms with van der Waals surface area (Å²) in [5, 5.41) is 0. The van der Waals surface area contributed by atoms with Crippen LogP contribution in [0.1, 0.15) is 6.92 Å². The number of para-hydroxylation sites is 1. The van der Waals surface area contributed by atoms with E-state index in [-0.39, 0.29) is 11.5 Å². The van der Waals surface area contributed by atoms with E-state index in [4.69, 9.17) is 9.47 Å². The number of hydrogen-bond donors (Lipinski definition) is 0. The highest BCUT2D eigenvalue weighted by Crippen LogP contribution is 2.29. The second kappa shape index (κ2) is 3.89. The van der Waals surface area contributed by atoms with E-state index in [0.29, 0.717) is 0 Å². The molecule has 1 rings (SSSR count). The smallest absolute Gasteiger partial charge is 0.308 e. The summed E-state index contributed by atoms with van der Waals surface area (Å²) in [5.74, 6) is -1.03. The number of hydrogen-bond acceptors (Lipinski definition) is 3. The number of carbonyl (C=O) groups is 1. The van der Waals surface area contributed by atoms with Gasteiger partial charge in [-0.3, -0.25) is 4.79 Å². The van der Waals surface area contributed by atoms with Crippen molar-refractivity contribution >= 4 is 5.97 Å². The van der Waals surface area contributed by atoms with Gasteiger partial charge in [0.25, 0.3) is 0 Å². The third kappa shape index (κ3) is 2.18. The molecule has 1 aromatic rings. The van der Waals surface area contributed by atoms with E-state index in [9.17, 15) is 9.18 Å². The van der Waals surface area contributed by atoms with Gasteiger partial charge in [-0.15, -0.1) is 0 Å². The quantitative estimate of drug-likeness (QED) is 0.519. The van der Waals surface area contributed by atoms with Crippen molar-refractivity contribution in [2.24, 2.45) is 0 Å². The fourth-order valence-electron chi connectivity index (χ4n) is 0.922. The Morgan fingerprint density at radius 3 is 2.69 bits per heavy atom. The molecule has 0 aliphatic heterocycles. The van der Waals surface area contributed by atoms with Gasteiger partial charge in [0.1, 0.15) is 0 Å². The maximum absolute atomic E-state index is 13.0. The minimum atomic E-state index is -0.554. The molecule has 0 N–H and O–H groups in total. The minimum Gasteiger partial charge on any atom is -0.490 e. The van der Waals surface area contributed by atoms with Crippen LogP contribution in [0.2, 0.25) is 0 Å². The lowest BCUT2D eigenvalue weighted by molar-refractivity contribution is -0.132. The van der Waals surface area contributed by atoms with E-state index >= 15 is 0 Å². The summed E-state index contributed by atoms with van der Waals surface area (Å²) in [6, 6.07) is 4.13. The lowest BCUT2D eigenvalue weighted by Gasteiger charge is -2.07. The van der Waals surface area contributed by atoms with Gasteiger partial charge in [0.2, 0.25) is 0 Å². The monoisotopic (exact) mass is 184 g/mol. The molecule has 4 heteroatoms. The van der Waals surface area contributed by atoms with Gasteiger partial charge in [-0.25, -0.2) is 4.39 Å². The molecule has 70 valence electrons. The summed E-state index contributed by atoms with van der Waals surface area (Å²) in [7, 11) is 1.31. The Bertz CT molecular complexity index is 323. The van der Waals surface area contributed by atoms with Crippen molar-refractivity contribution in [3.8, 4) is 11.5 Å². The Hall–Kier alpha value is -1.58. The molecule has 0 unspecified atom stereocenters. The van der Waals surface area contributed by atoms with Crippen molar-refractivity contribution in [2.75, 3.05) is 7.11 Å². The molecule has 0 saturated heterocycles. The Kier molecular flexibility index (Phi) is 2.84. The molecule has 3 nitrogen and oxygen atoms in total. The molecule has 0 radical (unpaired) electrons. The van der Waals surface area contributed by atoms with Crippen LogP contribution in [0, 0.1) is 5.82 Å². The van der Waals surface area contributed by atoms with Gasteiger partial charge in [0, 0.05) is 6.92 Å². The van der Waals surface area contributed by atoms with E-state index in [2.05, 4.69) is 0 Å². The van der Waals surface area contributed by atoms with Crippen LogP contribution in [0.3, 0.4) is 0 Å². The largest absolute Gasteiger partial charge is 0.490 e. The molecule has 13 heavy (non-hydrogen) atoms. The highest BCUT2D eigenvalue weighted by atomic mass is 19.1. The molecule has 0 fully saturated rings. The van der Waals surface area contributed by atoms with Crippen LogP contribution >= 0.6 is 0 Å². The first kappa shape index (κ1) is 9.51. The van der Waals surface area contributed by atoms with E-state index in [1.165, 1.54) is 32.2 Å². The SMILES string of the molecule is COc1c(F)cccc1OC(C)=O. The van der Waals surface area contributed by atoms with Crippen LogP contribution in [0.25, 0.3) is 0 Å². The standard InChI is InChI=1S/C9H9FO3/c1-6(11)13-8-5-3-4-7(10)9(8)12-2/h3-5H,1-2H3. The summed E-state index contributed by atoms with van der Waals surface area (Å²) in [6.45, 7) is 1.24. The Balaban J connectivity index is 3.05. The summed E-state index contributed by atoms with van der Waals surface area (Å²) >= 11 is 0. The molecule has 0 aromatic heterocycles. The second-order valence-electron chi connectivity index (χ2n) is 2.36. The maximum Gasteiger partial charge on any atom is 0.308 e. The van der Waals surface area contributed by atoms with Crippen molar-refractivity contribution < 1.29 is 18.7 Å². The third-order valence-corrected chi connectivity index (χ3v) is 1.39. The number of rotatable bonds is 2. The molecular formula is C9H9FO3. The molecule has 0 aliphatic rings. The number of esters is 1. The van der Waals surface area contributed by atoms with Crippen LogP contribution in [0.5, 0.6) is 11.5 Å². The fourth-order valence-corrected chi connectivity index (χ4v) is 0.922. The Labute approximate surface area is 75.1 Å². The van der Waals surface area contributed by atoms with Gasteiger partial charge in [-0.1, -0.05) is 6.07 Å². The molecule has 1 aromatic carbocycles. The van der Waals surface area contributed by atoms with E-state index in [1.54, 1.807) is 0 Å². The van der Waals surface area contributed by atoms with Crippen LogP contribution in [0.4, 0.5) is 4.39 Å². The number of halogens is 1. The first-order valence-corrected chi connectivity index (χ1v) is 3.66. The highest BCUT2D eigenvalue weighted by Gasteiger charge is 2.10. The summed E-state index contributed by atoms with van der Waals surface area (Å²) in [5.41, 5.74) is 0. The zero-order chi connectivity index (χ0) is 9.84. The van der Waals surface area contributed by atoms with Gasteiger partial charge in [-0.2, -0.15) is 0 Å². The van der Waals surface area contributed by atoms with Crippen LogP contribution < -0.4 is 9.47 Å². The van der Waals surface area contributed by atoms with Crippen molar-refractivity contribution in [2.45, 2.75) is 6.92 Å². The van der Waals surface area contributed by atoms with Crippen LogP contribution in [0.15, 0.2) is 18.2 Å². The molecular weight excluding hydrogens is 175 g/mol. The first-order valence-electron chi connectivity index (χ1n) is 3.66. The van der Waals surface area contributed by atoms with Crippen LogP contribution in [-0.2, 0) is 4.79 Å². The number of carbonyl (C=O) groups excluding carboxylic acids is 1. The van der Waals surface area contributed by atoms with Gasteiger partial charge in [0.05, 0.1) is 7.11 Å². The molecule has 0 heterocycles. The zero-order valence-corrected chi connectivity index (χ0v) is 7.33. The van der Waals surface area contributed by atoms with Gasteiger partial charge < -0.3 is 9.47 Å². The second-order valence-corrected chi connectivity index (χ2v) is 2.36. The number of methoxy groups -OCH3 is 1. The minimum absolute atomic E-state index is 0.0577. The van der Waals surface area contributed by atoms with Crippen LogP contribution in [-0.4, -0.2) is 13.1 Å². The predicted octanol–water partition coefficient (Wildman–Crippen LogP) is 1.76. The summed E-state index contributed by atoms with van der Waals surface area (Å²) in [4.78, 5) is 10.6. The molecule has 0 amide bonds. The zero-order valence-electron chi connectivity index (χ0n) is 7.33. The third-order valence-electron chi connectivity index (χ3n) is 1.39. The average Bonchev–Trinajstić information content (AvgIpc) is 2.03. The Morgan fingerprint density at radius 1 is 1.46 bits per heavy atom. The molecule has 0 aliphatic carbocycles. The van der Waals surface area contributed by atoms with Crippen molar-refractivity contribution in [1.29, 1.82) is 0 Å². The van der Waals surface area contributed by atoms with E-state index in [1.807, 2.05) is 0 Å². The number of ether oxygens (including phenoxy) is 2. The lowest BCUT2D eigenvalue weighted by atomic mass is 10.3. The Morgan fingerprint density at radius 2 is 2.15 bits per heavy atom. The summed E-state index contributed by atoms with van der Waals surface area (Å²) in [6.07, 6.45) is 0. The van der Waals surface area contributed by atoms with Crippen molar-refractivity contribution in [1.82, 2.24) is 0 Å². The lowest BCUT2D eigenvalue weighted by Crippen LogP contribution is -2.03. The van der Waals surface area contributed by atoms with Crippen molar-refractivity contribution in [3.63, 3.8) is 0 Å². The number of benzene rings is 1. The summed E-state index contributed by atoms with van der Waals surface area (Å²) < 4.78 is 22.4. The molecule has 0 atom stereocenters. The van der Waals surface area contributed by atoms with Gasteiger partial charge in [-0.05, 0) is 12.1 Å². The normalized spacial score (nSPS) is 9.46. The van der Waals surface area contributed by atoms with E-state index in [0.717, 1.165) is 0 Å². The fraction of sp³-hybridized carbons (Fsp3) is 0.222. The molecule has 0 spiro atoms. The highest BCUT2D eigenvalue weighted by molar-refractivity contribution is 5.70. The molecule has 0 saturated carbocycles. The van der Waals surface area contributed by atoms with Gasteiger partial charge in [0.15, 0.2) is 17.3 Å². The first-order chi connectivity index (χ1) is 6.15. The molecule has 0 bridgehead atoms. The predicted molar refractivity (Wildman–Crippen MR) is 44.3 cm³/mol. The van der Waals surface area contributed by atoms with Gasteiger partial charge >= 0.3 is 5.97 Å². The average molecular weight is 184 g/mol. The topological polar surface area (TPSA) is 35.5 Å². The van der Waals surface area contributed by atoms with E-state index < -0.39 is 11.8 Å².